The number of ether oxygens (including phenoxy) is 1. The van der Waals surface area contributed by atoms with Crippen LogP contribution in [0.15, 0.2) is 24.3 Å². The Morgan fingerprint density at radius 2 is 1.37 bits per heavy atom. The Hall–Kier alpha value is -2.41. The lowest BCUT2D eigenvalue weighted by Crippen LogP contribution is -2.38. The molecule has 0 spiro atoms. The summed E-state index contributed by atoms with van der Waals surface area (Å²) in [6, 6.07) is 8.28. The Morgan fingerprint density at radius 3 is 2.00 bits per heavy atom. The maximum absolute atomic E-state index is 5.48. The number of benzene rings is 1. The van der Waals surface area contributed by atoms with Gasteiger partial charge in [-0.25, -0.2) is 0 Å². The smallest absolute Gasteiger partial charge is 0.233 e. The van der Waals surface area contributed by atoms with Gasteiger partial charge in [-0.15, -0.1) is 0 Å². The van der Waals surface area contributed by atoms with Gasteiger partial charge in [0.15, 0.2) is 0 Å². The second-order valence-electron chi connectivity index (χ2n) is 7.25. The van der Waals surface area contributed by atoms with Crippen LogP contribution in [0.5, 0.6) is 0 Å². The number of rotatable bonds is 4. The van der Waals surface area contributed by atoms with Gasteiger partial charge in [-0.05, 0) is 31.9 Å². The van der Waals surface area contributed by atoms with Gasteiger partial charge >= 0.3 is 0 Å². The van der Waals surface area contributed by atoms with Gasteiger partial charge < -0.3 is 19.9 Å². The van der Waals surface area contributed by atoms with E-state index in [4.69, 9.17) is 19.7 Å². The summed E-state index contributed by atoms with van der Waals surface area (Å²) in [6.45, 7) is 7.16. The zero-order chi connectivity index (χ0) is 18.5. The van der Waals surface area contributed by atoms with Crippen LogP contribution in [-0.4, -0.2) is 54.3 Å². The highest BCUT2D eigenvalue weighted by Crippen LogP contribution is 2.22. The van der Waals surface area contributed by atoms with E-state index in [1.807, 2.05) is 0 Å². The number of nitrogens with one attached hydrogen (secondary N) is 1. The van der Waals surface area contributed by atoms with Crippen LogP contribution in [-0.2, 0) is 4.74 Å². The third-order valence-corrected chi connectivity index (χ3v) is 5.10. The van der Waals surface area contributed by atoms with Gasteiger partial charge in [0, 0.05) is 31.9 Å². The molecular weight excluding hydrogens is 340 g/mol. The van der Waals surface area contributed by atoms with Crippen molar-refractivity contribution in [3.05, 3.63) is 29.8 Å². The van der Waals surface area contributed by atoms with Crippen LogP contribution in [0.4, 0.5) is 23.5 Å². The first-order valence-electron chi connectivity index (χ1n) is 9.95. The zero-order valence-electron chi connectivity index (χ0n) is 16.0. The highest BCUT2D eigenvalue weighted by atomic mass is 16.5. The molecule has 0 amide bonds. The van der Waals surface area contributed by atoms with Crippen LogP contribution in [0, 0.1) is 6.92 Å². The summed E-state index contributed by atoms with van der Waals surface area (Å²) in [4.78, 5) is 18.8. The van der Waals surface area contributed by atoms with Crippen LogP contribution in [0.1, 0.15) is 31.2 Å². The van der Waals surface area contributed by atoms with Gasteiger partial charge in [-0.3, -0.25) is 0 Å². The van der Waals surface area contributed by atoms with Crippen molar-refractivity contribution < 1.29 is 4.74 Å². The molecular formula is C20H28N6O. The van der Waals surface area contributed by atoms with E-state index in [9.17, 15) is 0 Å². The molecule has 7 heteroatoms. The Kier molecular flexibility index (Phi) is 5.67. The van der Waals surface area contributed by atoms with Crippen LogP contribution >= 0.6 is 0 Å². The third kappa shape index (κ3) is 4.66. The number of morpholine rings is 1. The predicted molar refractivity (Wildman–Crippen MR) is 108 cm³/mol. The standard InChI is InChI=1S/C20H28N6O/c1-16-6-8-17(9-7-16)21-18-22-19(25-10-4-2-3-5-11-25)24-20(23-18)26-12-14-27-15-13-26/h6-9H,2-5,10-15H2,1H3,(H,21,22,23,24). The quantitative estimate of drug-likeness (QED) is 0.889. The molecule has 0 unspecified atom stereocenters. The summed E-state index contributed by atoms with van der Waals surface area (Å²) in [5, 5.41) is 3.36. The Bertz CT molecular complexity index is 737. The molecule has 2 aromatic rings. The average Bonchev–Trinajstić information content (AvgIpc) is 3.00. The fraction of sp³-hybridized carbons (Fsp3) is 0.550. The second kappa shape index (κ2) is 8.52. The van der Waals surface area contributed by atoms with Gasteiger partial charge in [-0.1, -0.05) is 30.5 Å². The van der Waals surface area contributed by atoms with E-state index in [1.54, 1.807) is 0 Å². The van der Waals surface area contributed by atoms with Gasteiger partial charge in [0.2, 0.25) is 17.8 Å². The Morgan fingerprint density at radius 1 is 0.778 bits per heavy atom. The molecule has 27 heavy (non-hydrogen) atoms. The van der Waals surface area contributed by atoms with Crippen LogP contribution in [0.3, 0.4) is 0 Å². The molecule has 2 saturated heterocycles. The van der Waals surface area contributed by atoms with Crippen molar-refractivity contribution in [3.63, 3.8) is 0 Å². The van der Waals surface area contributed by atoms with Crippen LogP contribution in [0.25, 0.3) is 0 Å². The maximum Gasteiger partial charge on any atom is 0.233 e. The second-order valence-corrected chi connectivity index (χ2v) is 7.25. The van der Waals surface area contributed by atoms with E-state index in [0.717, 1.165) is 43.8 Å². The monoisotopic (exact) mass is 368 g/mol. The normalized spacial score (nSPS) is 18.3. The van der Waals surface area contributed by atoms with E-state index < -0.39 is 0 Å². The summed E-state index contributed by atoms with van der Waals surface area (Å²) >= 11 is 0. The molecule has 1 aromatic carbocycles. The molecule has 2 aliphatic heterocycles. The van der Waals surface area contributed by atoms with Crippen molar-refractivity contribution in [3.8, 4) is 0 Å². The van der Waals surface area contributed by atoms with E-state index in [2.05, 4.69) is 46.3 Å². The van der Waals surface area contributed by atoms with Gasteiger partial charge in [0.25, 0.3) is 0 Å². The van der Waals surface area contributed by atoms with Crippen molar-refractivity contribution in [2.45, 2.75) is 32.6 Å². The molecule has 2 fully saturated rings. The molecule has 0 saturated carbocycles. The fourth-order valence-corrected chi connectivity index (χ4v) is 3.49. The SMILES string of the molecule is Cc1ccc(Nc2nc(N3CCCCCC3)nc(N3CCOCC3)n2)cc1. The Labute approximate surface area is 160 Å². The van der Waals surface area contributed by atoms with Crippen molar-refractivity contribution in [2.24, 2.45) is 0 Å². The predicted octanol–water partition coefficient (Wildman–Crippen LogP) is 3.14. The van der Waals surface area contributed by atoms with Gasteiger partial charge in [0.1, 0.15) is 0 Å². The summed E-state index contributed by atoms with van der Waals surface area (Å²) < 4.78 is 5.48. The number of anilines is 4. The minimum Gasteiger partial charge on any atom is -0.378 e. The number of nitrogens with zero attached hydrogens (tertiary/aromatic N) is 5. The number of aryl methyl sites for hydroxylation is 1. The van der Waals surface area contributed by atoms with Crippen molar-refractivity contribution >= 4 is 23.5 Å². The lowest BCUT2D eigenvalue weighted by Gasteiger charge is -2.28. The number of hydrogen-bond donors (Lipinski definition) is 1. The molecule has 2 aliphatic rings. The minimum absolute atomic E-state index is 0.606. The number of hydrogen-bond acceptors (Lipinski definition) is 7. The summed E-state index contributed by atoms with van der Waals surface area (Å²) in [5.74, 6) is 2.12. The molecule has 0 radical (unpaired) electrons. The van der Waals surface area contributed by atoms with E-state index in [-0.39, 0.29) is 0 Å². The van der Waals surface area contributed by atoms with Gasteiger partial charge in [0.05, 0.1) is 13.2 Å². The van der Waals surface area contributed by atoms with Gasteiger partial charge in [-0.2, -0.15) is 15.0 Å². The molecule has 0 atom stereocenters. The highest BCUT2D eigenvalue weighted by molar-refractivity contribution is 5.56. The first-order valence-corrected chi connectivity index (χ1v) is 9.95. The van der Waals surface area contributed by atoms with E-state index >= 15 is 0 Å². The molecule has 1 N–H and O–H groups in total. The summed E-state index contributed by atoms with van der Waals surface area (Å²) in [7, 11) is 0. The lowest BCUT2D eigenvalue weighted by molar-refractivity contribution is 0.122. The molecule has 144 valence electrons. The number of aromatic nitrogens is 3. The molecule has 4 rings (SSSR count). The fourth-order valence-electron chi connectivity index (χ4n) is 3.49. The maximum atomic E-state index is 5.48. The third-order valence-electron chi connectivity index (χ3n) is 5.10. The van der Waals surface area contributed by atoms with Crippen molar-refractivity contribution in [1.29, 1.82) is 0 Å². The van der Waals surface area contributed by atoms with E-state index in [1.165, 1.54) is 31.2 Å². The summed E-state index contributed by atoms with van der Waals surface area (Å²) in [5.41, 5.74) is 2.22. The van der Waals surface area contributed by atoms with Crippen molar-refractivity contribution in [1.82, 2.24) is 15.0 Å². The Balaban J connectivity index is 1.63. The van der Waals surface area contributed by atoms with Crippen LogP contribution < -0.4 is 15.1 Å². The zero-order valence-corrected chi connectivity index (χ0v) is 16.0. The highest BCUT2D eigenvalue weighted by Gasteiger charge is 2.20. The summed E-state index contributed by atoms with van der Waals surface area (Å²) in [6.07, 6.45) is 4.96. The molecule has 3 heterocycles. The van der Waals surface area contributed by atoms with E-state index in [0.29, 0.717) is 19.2 Å². The first kappa shape index (κ1) is 18.0. The average molecular weight is 368 g/mol. The topological polar surface area (TPSA) is 66.4 Å². The molecule has 0 bridgehead atoms. The largest absolute Gasteiger partial charge is 0.378 e. The molecule has 0 aliphatic carbocycles. The first-order chi connectivity index (χ1) is 13.3. The molecule has 7 nitrogen and oxygen atoms in total. The van der Waals surface area contributed by atoms with Crippen molar-refractivity contribution in [2.75, 3.05) is 54.5 Å². The molecule has 1 aromatic heterocycles. The lowest BCUT2D eigenvalue weighted by atomic mass is 10.2. The minimum atomic E-state index is 0.606. The van der Waals surface area contributed by atoms with Crippen LogP contribution in [0.2, 0.25) is 0 Å².